The van der Waals surface area contributed by atoms with Gasteiger partial charge in [-0.05, 0) is 49.8 Å². The number of fused-ring (bicyclic) bond motifs is 1. The summed E-state index contributed by atoms with van der Waals surface area (Å²) in [6.45, 7) is 5.74. The van der Waals surface area contributed by atoms with Crippen molar-refractivity contribution in [2.75, 3.05) is 6.54 Å². The normalized spacial score (nSPS) is 19.2. The van der Waals surface area contributed by atoms with E-state index in [4.69, 9.17) is 11.6 Å². The molecule has 0 aromatic carbocycles. The van der Waals surface area contributed by atoms with E-state index in [2.05, 4.69) is 25.2 Å². The molecular formula is C15H24ClNS. The average molecular weight is 286 g/mol. The summed E-state index contributed by atoms with van der Waals surface area (Å²) < 4.78 is 0.952. The molecule has 0 saturated heterocycles. The number of unbranched alkanes of at least 4 members (excludes halogenated alkanes) is 1. The Morgan fingerprint density at radius 1 is 1.44 bits per heavy atom. The van der Waals surface area contributed by atoms with Gasteiger partial charge in [0.2, 0.25) is 0 Å². The lowest BCUT2D eigenvalue weighted by molar-refractivity contribution is 0.444. The molecule has 1 nitrogen and oxygen atoms in total. The second-order valence-electron chi connectivity index (χ2n) is 5.72. The Labute approximate surface area is 120 Å². The minimum atomic E-state index is 0.552. The van der Waals surface area contributed by atoms with Crippen molar-refractivity contribution in [2.24, 2.45) is 5.92 Å². The summed E-state index contributed by atoms with van der Waals surface area (Å²) in [4.78, 5) is 1.51. The molecule has 1 atom stereocenters. The highest BCUT2D eigenvalue weighted by Crippen LogP contribution is 2.37. The lowest BCUT2D eigenvalue weighted by Crippen LogP contribution is -2.25. The maximum Gasteiger partial charge on any atom is 0.0934 e. The second-order valence-corrected chi connectivity index (χ2v) is 7.49. The van der Waals surface area contributed by atoms with Crippen LogP contribution in [0.25, 0.3) is 0 Å². The average Bonchev–Trinajstić information content (AvgIpc) is 2.69. The maximum atomic E-state index is 6.13. The van der Waals surface area contributed by atoms with E-state index in [9.17, 15) is 0 Å². The summed E-state index contributed by atoms with van der Waals surface area (Å²) in [5, 5.41) is 3.71. The van der Waals surface area contributed by atoms with Crippen LogP contribution in [0.4, 0.5) is 0 Å². The van der Waals surface area contributed by atoms with E-state index in [1.807, 2.05) is 0 Å². The molecule has 3 heteroatoms. The zero-order valence-electron chi connectivity index (χ0n) is 11.5. The van der Waals surface area contributed by atoms with Gasteiger partial charge in [-0.2, -0.15) is 0 Å². The molecule has 0 radical (unpaired) electrons. The lowest BCUT2D eigenvalue weighted by atomic mass is 9.94. The third-order valence-corrected chi connectivity index (χ3v) is 5.02. The van der Waals surface area contributed by atoms with Crippen LogP contribution >= 0.6 is 22.9 Å². The molecule has 0 fully saturated rings. The van der Waals surface area contributed by atoms with Crippen molar-refractivity contribution in [3.8, 4) is 0 Å². The minimum absolute atomic E-state index is 0.552. The Bertz CT molecular complexity index is 373. The highest BCUT2D eigenvalue weighted by molar-refractivity contribution is 7.16. The summed E-state index contributed by atoms with van der Waals surface area (Å²) in [6.07, 6.45) is 7.77. The van der Waals surface area contributed by atoms with E-state index in [0.717, 1.165) is 16.8 Å². The van der Waals surface area contributed by atoms with E-state index in [0.29, 0.717) is 6.04 Å². The van der Waals surface area contributed by atoms with Gasteiger partial charge in [0.1, 0.15) is 0 Å². The Balaban J connectivity index is 1.77. The molecule has 0 aliphatic heterocycles. The predicted molar refractivity (Wildman–Crippen MR) is 81.7 cm³/mol. The van der Waals surface area contributed by atoms with Gasteiger partial charge in [-0.1, -0.05) is 38.3 Å². The van der Waals surface area contributed by atoms with Gasteiger partial charge >= 0.3 is 0 Å². The molecule has 0 bridgehead atoms. The molecule has 1 aromatic rings. The van der Waals surface area contributed by atoms with Crippen molar-refractivity contribution in [1.29, 1.82) is 0 Å². The second kappa shape index (κ2) is 6.93. The van der Waals surface area contributed by atoms with Crippen molar-refractivity contribution < 1.29 is 0 Å². The van der Waals surface area contributed by atoms with Crippen LogP contribution in [0.5, 0.6) is 0 Å². The number of aryl methyl sites for hydroxylation is 1. The fourth-order valence-corrected chi connectivity index (χ4v) is 4.07. The third kappa shape index (κ3) is 3.97. The van der Waals surface area contributed by atoms with Crippen molar-refractivity contribution in [3.63, 3.8) is 0 Å². The van der Waals surface area contributed by atoms with Crippen LogP contribution in [-0.4, -0.2) is 6.54 Å². The largest absolute Gasteiger partial charge is 0.310 e. The van der Waals surface area contributed by atoms with Crippen molar-refractivity contribution in [2.45, 2.75) is 58.4 Å². The summed E-state index contributed by atoms with van der Waals surface area (Å²) in [7, 11) is 0. The van der Waals surface area contributed by atoms with Crippen LogP contribution in [0.1, 0.15) is 62.4 Å². The van der Waals surface area contributed by atoms with E-state index in [-0.39, 0.29) is 0 Å². The van der Waals surface area contributed by atoms with Crippen molar-refractivity contribution in [3.05, 3.63) is 20.8 Å². The Hall–Kier alpha value is -0.0500. The number of rotatable bonds is 6. The lowest BCUT2D eigenvalue weighted by Gasteiger charge is -2.23. The maximum absolute atomic E-state index is 6.13. The fraction of sp³-hybridized carbons (Fsp3) is 0.733. The van der Waals surface area contributed by atoms with Gasteiger partial charge in [-0.3, -0.25) is 0 Å². The summed E-state index contributed by atoms with van der Waals surface area (Å²) in [6, 6.07) is 2.73. The van der Waals surface area contributed by atoms with Gasteiger partial charge in [0, 0.05) is 10.9 Å². The standard InChI is InChI=1S/C15H24ClNS/c1-11(2)6-3-4-9-17-13-7-5-8-14-12(13)10-15(16)18-14/h10-11,13,17H,3-9H2,1-2H3. The van der Waals surface area contributed by atoms with Crippen LogP contribution in [0.2, 0.25) is 4.34 Å². The first kappa shape index (κ1) is 14.4. The van der Waals surface area contributed by atoms with Crippen LogP contribution in [0.15, 0.2) is 6.07 Å². The molecule has 0 spiro atoms. The van der Waals surface area contributed by atoms with Gasteiger partial charge < -0.3 is 5.32 Å². The molecule has 1 unspecified atom stereocenters. The number of thiophene rings is 1. The zero-order valence-corrected chi connectivity index (χ0v) is 13.0. The van der Waals surface area contributed by atoms with Gasteiger partial charge in [0.25, 0.3) is 0 Å². The van der Waals surface area contributed by atoms with E-state index in [1.54, 1.807) is 11.3 Å². The van der Waals surface area contributed by atoms with Gasteiger partial charge in [-0.25, -0.2) is 0 Å². The summed E-state index contributed by atoms with van der Waals surface area (Å²) >= 11 is 7.89. The molecule has 1 aromatic heterocycles. The molecule has 1 heterocycles. The first-order chi connectivity index (χ1) is 8.66. The molecule has 1 aliphatic carbocycles. The van der Waals surface area contributed by atoms with Crippen LogP contribution < -0.4 is 5.32 Å². The van der Waals surface area contributed by atoms with E-state index in [1.165, 1.54) is 49.0 Å². The van der Waals surface area contributed by atoms with Crippen molar-refractivity contribution >= 4 is 22.9 Å². The quantitative estimate of drug-likeness (QED) is 0.709. The van der Waals surface area contributed by atoms with Crippen molar-refractivity contribution in [1.82, 2.24) is 5.32 Å². The molecule has 102 valence electrons. The molecule has 1 aliphatic rings. The zero-order chi connectivity index (χ0) is 13.0. The van der Waals surface area contributed by atoms with Gasteiger partial charge in [0.05, 0.1) is 4.34 Å². The van der Waals surface area contributed by atoms with Crippen LogP contribution in [-0.2, 0) is 6.42 Å². The number of hydrogen-bond acceptors (Lipinski definition) is 2. The third-order valence-electron chi connectivity index (χ3n) is 3.68. The first-order valence-electron chi connectivity index (χ1n) is 7.18. The molecule has 0 amide bonds. The smallest absolute Gasteiger partial charge is 0.0934 e. The van der Waals surface area contributed by atoms with Crippen LogP contribution in [0.3, 0.4) is 0 Å². The SMILES string of the molecule is CC(C)CCCCNC1CCCc2sc(Cl)cc21. The fourth-order valence-electron chi connectivity index (χ4n) is 2.69. The molecule has 2 rings (SSSR count). The highest BCUT2D eigenvalue weighted by atomic mass is 35.5. The van der Waals surface area contributed by atoms with Crippen LogP contribution in [0, 0.1) is 5.92 Å². The number of nitrogens with one attached hydrogen (secondary N) is 1. The number of halogens is 1. The Morgan fingerprint density at radius 2 is 2.28 bits per heavy atom. The van der Waals surface area contributed by atoms with Gasteiger partial charge in [-0.15, -0.1) is 11.3 Å². The minimum Gasteiger partial charge on any atom is -0.310 e. The van der Waals surface area contributed by atoms with E-state index < -0.39 is 0 Å². The Kier molecular flexibility index (Phi) is 5.53. The summed E-state index contributed by atoms with van der Waals surface area (Å²) in [5.41, 5.74) is 1.47. The van der Waals surface area contributed by atoms with E-state index >= 15 is 0 Å². The number of hydrogen-bond donors (Lipinski definition) is 1. The highest BCUT2D eigenvalue weighted by Gasteiger charge is 2.21. The molecule has 1 N–H and O–H groups in total. The topological polar surface area (TPSA) is 12.0 Å². The predicted octanol–water partition coefficient (Wildman–Crippen LogP) is 5.19. The first-order valence-corrected chi connectivity index (χ1v) is 8.37. The monoisotopic (exact) mass is 285 g/mol. The molecule has 0 saturated carbocycles. The molecule has 18 heavy (non-hydrogen) atoms. The Morgan fingerprint density at radius 3 is 3.06 bits per heavy atom. The molecular weight excluding hydrogens is 262 g/mol. The summed E-state index contributed by atoms with van der Waals surface area (Å²) in [5.74, 6) is 0.835. The van der Waals surface area contributed by atoms with Gasteiger partial charge in [0.15, 0.2) is 0 Å².